The maximum atomic E-state index is 4.98. The fraction of sp³-hybridized carbons (Fsp3) is 0.350. The van der Waals surface area contributed by atoms with Crippen molar-refractivity contribution < 1.29 is 0 Å². The Bertz CT molecular complexity index is 929. The van der Waals surface area contributed by atoms with Crippen LogP contribution in [0, 0.1) is 5.92 Å². The van der Waals surface area contributed by atoms with E-state index in [1.807, 2.05) is 30.6 Å². The van der Waals surface area contributed by atoms with Crippen molar-refractivity contribution in [2.45, 2.75) is 12.8 Å². The number of hydrogen-bond donors (Lipinski definition) is 2. The molecule has 0 spiro atoms. The molecule has 6 heteroatoms. The van der Waals surface area contributed by atoms with E-state index in [2.05, 4.69) is 37.6 Å². The van der Waals surface area contributed by atoms with Crippen molar-refractivity contribution in [3.63, 3.8) is 0 Å². The molecule has 2 N–H and O–H groups in total. The summed E-state index contributed by atoms with van der Waals surface area (Å²) >= 11 is 0. The highest BCUT2D eigenvalue weighted by atomic mass is 15.3. The Labute approximate surface area is 152 Å². The first-order valence-corrected chi connectivity index (χ1v) is 9.29. The van der Waals surface area contributed by atoms with Gasteiger partial charge < -0.3 is 15.5 Å². The first kappa shape index (κ1) is 15.5. The lowest BCUT2D eigenvalue weighted by molar-refractivity contribution is 0.375. The van der Waals surface area contributed by atoms with Gasteiger partial charge in [-0.1, -0.05) is 18.2 Å². The Morgan fingerprint density at radius 3 is 2.92 bits per heavy atom. The fourth-order valence-corrected chi connectivity index (χ4v) is 3.95. The van der Waals surface area contributed by atoms with Crippen molar-refractivity contribution in [3.8, 4) is 11.3 Å². The molecule has 1 saturated heterocycles. The van der Waals surface area contributed by atoms with Gasteiger partial charge in [0.2, 0.25) is 0 Å². The summed E-state index contributed by atoms with van der Waals surface area (Å²) in [6.07, 6.45) is 6.15. The summed E-state index contributed by atoms with van der Waals surface area (Å²) in [7, 11) is 0. The summed E-state index contributed by atoms with van der Waals surface area (Å²) < 4.78 is 0. The van der Waals surface area contributed by atoms with Gasteiger partial charge in [0.25, 0.3) is 0 Å². The standard InChI is InChI=1S/C20H22N6/c1-3-16(15-4-2-8-22-17(15)5-1)18-11-23-19-20(25-18)26(13-24-19)12-14-6-9-21-10-7-14/h1-5,8,11,14,21H,6-7,9-10,12-13H2,(H,23,24). The first-order chi connectivity index (χ1) is 12.9. The number of hydrogen-bond acceptors (Lipinski definition) is 6. The maximum absolute atomic E-state index is 4.98. The number of nitrogens with zero attached hydrogens (tertiary/aromatic N) is 4. The Morgan fingerprint density at radius 1 is 1.08 bits per heavy atom. The highest BCUT2D eigenvalue weighted by Gasteiger charge is 2.26. The molecule has 0 atom stereocenters. The van der Waals surface area contributed by atoms with Crippen LogP contribution >= 0.6 is 0 Å². The monoisotopic (exact) mass is 346 g/mol. The zero-order valence-electron chi connectivity index (χ0n) is 14.7. The van der Waals surface area contributed by atoms with Crippen molar-refractivity contribution in [1.82, 2.24) is 20.3 Å². The highest BCUT2D eigenvalue weighted by molar-refractivity contribution is 5.93. The number of benzene rings is 1. The van der Waals surface area contributed by atoms with E-state index < -0.39 is 0 Å². The van der Waals surface area contributed by atoms with Gasteiger partial charge in [0.05, 0.1) is 24.1 Å². The van der Waals surface area contributed by atoms with Crippen molar-refractivity contribution in [3.05, 3.63) is 42.7 Å². The van der Waals surface area contributed by atoms with E-state index in [0.717, 1.165) is 66.0 Å². The second-order valence-corrected chi connectivity index (χ2v) is 7.05. The minimum atomic E-state index is 0.719. The second kappa shape index (κ2) is 6.53. The fourth-order valence-electron chi connectivity index (χ4n) is 3.95. The Kier molecular flexibility index (Phi) is 3.90. The third kappa shape index (κ3) is 2.76. The minimum Gasteiger partial charge on any atom is -0.350 e. The van der Waals surface area contributed by atoms with Gasteiger partial charge in [-0.3, -0.25) is 4.98 Å². The molecule has 2 aliphatic rings. The van der Waals surface area contributed by atoms with Crippen LogP contribution in [0.15, 0.2) is 42.7 Å². The molecule has 2 aliphatic heterocycles. The molecule has 2 aromatic heterocycles. The van der Waals surface area contributed by atoms with Gasteiger partial charge in [-0.15, -0.1) is 0 Å². The Hall–Kier alpha value is -2.73. The molecular weight excluding hydrogens is 324 g/mol. The lowest BCUT2D eigenvalue weighted by Crippen LogP contribution is -2.36. The molecule has 5 rings (SSSR count). The lowest BCUT2D eigenvalue weighted by Gasteiger charge is -2.27. The molecule has 3 aromatic rings. The van der Waals surface area contributed by atoms with Crippen molar-refractivity contribution in [2.24, 2.45) is 5.92 Å². The summed E-state index contributed by atoms with van der Waals surface area (Å²) in [5, 5.41) is 7.93. The van der Waals surface area contributed by atoms with E-state index in [-0.39, 0.29) is 0 Å². The third-order valence-electron chi connectivity index (χ3n) is 5.35. The normalized spacial score (nSPS) is 17.3. The van der Waals surface area contributed by atoms with Crippen LogP contribution in [0.1, 0.15) is 12.8 Å². The number of nitrogens with one attached hydrogen (secondary N) is 2. The number of pyridine rings is 1. The predicted octanol–water partition coefficient (Wildman–Crippen LogP) is 2.88. The predicted molar refractivity (Wildman–Crippen MR) is 104 cm³/mol. The van der Waals surface area contributed by atoms with Gasteiger partial charge in [0.1, 0.15) is 0 Å². The molecule has 0 saturated carbocycles. The summed E-state index contributed by atoms with van der Waals surface area (Å²) in [6.45, 7) is 4.07. The second-order valence-electron chi connectivity index (χ2n) is 7.05. The van der Waals surface area contributed by atoms with Crippen molar-refractivity contribution >= 4 is 22.5 Å². The lowest BCUT2D eigenvalue weighted by atomic mass is 9.98. The number of anilines is 2. The number of rotatable bonds is 3. The molecule has 0 radical (unpaired) electrons. The van der Waals surface area contributed by atoms with E-state index in [9.17, 15) is 0 Å². The van der Waals surface area contributed by atoms with Gasteiger partial charge in [-0.25, -0.2) is 9.97 Å². The van der Waals surface area contributed by atoms with Crippen LogP contribution in [0.4, 0.5) is 11.6 Å². The van der Waals surface area contributed by atoms with Crippen LogP contribution in [0.5, 0.6) is 0 Å². The maximum Gasteiger partial charge on any atom is 0.173 e. The number of piperidine rings is 1. The SMILES string of the molecule is c1cc(-c2cnc3c(n2)N(CC2CCNCC2)CN3)c2cccnc2c1. The molecule has 4 heterocycles. The quantitative estimate of drug-likeness (QED) is 0.760. The molecule has 1 fully saturated rings. The van der Waals surface area contributed by atoms with Crippen LogP contribution in [0.2, 0.25) is 0 Å². The van der Waals surface area contributed by atoms with Gasteiger partial charge in [0, 0.05) is 23.7 Å². The van der Waals surface area contributed by atoms with Gasteiger partial charge in [0.15, 0.2) is 11.6 Å². The molecule has 0 aliphatic carbocycles. The smallest absolute Gasteiger partial charge is 0.173 e. The first-order valence-electron chi connectivity index (χ1n) is 9.29. The topological polar surface area (TPSA) is 66.0 Å². The zero-order chi connectivity index (χ0) is 17.3. The molecule has 0 bridgehead atoms. The Morgan fingerprint density at radius 2 is 2.00 bits per heavy atom. The van der Waals surface area contributed by atoms with Crippen LogP contribution in [-0.2, 0) is 0 Å². The van der Waals surface area contributed by atoms with E-state index in [1.165, 1.54) is 12.8 Å². The molecule has 0 amide bonds. The number of fused-ring (bicyclic) bond motifs is 2. The van der Waals surface area contributed by atoms with Gasteiger partial charge >= 0.3 is 0 Å². The van der Waals surface area contributed by atoms with E-state index in [0.29, 0.717) is 0 Å². The van der Waals surface area contributed by atoms with Gasteiger partial charge in [-0.05, 0) is 44.0 Å². The molecule has 6 nitrogen and oxygen atoms in total. The van der Waals surface area contributed by atoms with Crippen LogP contribution in [-0.4, -0.2) is 41.3 Å². The zero-order valence-corrected chi connectivity index (χ0v) is 14.7. The molecule has 1 aromatic carbocycles. The van der Waals surface area contributed by atoms with E-state index >= 15 is 0 Å². The van der Waals surface area contributed by atoms with Crippen molar-refractivity contribution in [2.75, 3.05) is 36.5 Å². The average Bonchev–Trinajstić information content (AvgIpc) is 3.10. The van der Waals surface area contributed by atoms with E-state index in [4.69, 9.17) is 4.98 Å². The largest absolute Gasteiger partial charge is 0.350 e. The van der Waals surface area contributed by atoms with Gasteiger partial charge in [-0.2, -0.15) is 0 Å². The van der Waals surface area contributed by atoms with Crippen LogP contribution < -0.4 is 15.5 Å². The average molecular weight is 346 g/mol. The third-order valence-corrected chi connectivity index (χ3v) is 5.35. The van der Waals surface area contributed by atoms with Crippen molar-refractivity contribution in [1.29, 1.82) is 0 Å². The molecular formula is C20H22N6. The summed E-state index contributed by atoms with van der Waals surface area (Å²) in [5.74, 6) is 2.58. The number of aromatic nitrogens is 3. The summed E-state index contributed by atoms with van der Waals surface area (Å²) in [5.41, 5.74) is 2.97. The summed E-state index contributed by atoms with van der Waals surface area (Å²) in [4.78, 5) is 16.4. The van der Waals surface area contributed by atoms with E-state index in [1.54, 1.807) is 0 Å². The molecule has 132 valence electrons. The molecule has 0 unspecified atom stereocenters. The summed E-state index contributed by atoms with van der Waals surface area (Å²) in [6, 6.07) is 10.2. The molecule has 26 heavy (non-hydrogen) atoms. The van der Waals surface area contributed by atoms with Crippen LogP contribution in [0.3, 0.4) is 0 Å². The highest BCUT2D eigenvalue weighted by Crippen LogP contribution is 2.33. The Balaban J connectivity index is 1.49. The minimum absolute atomic E-state index is 0.719. The van der Waals surface area contributed by atoms with Crippen LogP contribution in [0.25, 0.3) is 22.2 Å².